The number of halogens is 3. The number of nitrogens with one attached hydrogen (secondary N) is 1. The number of benzene rings is 1. The molecule has 0 saturated carbocycles. The smallest absolute Gasteiger partial charge is 0.296 e. The topological polar surface area (TPSA) is 102 Å². The molecule has 0 aliphatic carbocycles. The molecule has 0 unspecified atom stereocenters. The molecule has 37 heavy (non-hydrogen) atoms. The van der Waals surface area contributed by atoms with Gasteiger partial charge < -0.3 is 33.9 Å². The van der Waals surface area contributed by atoms with E-state index in [4.69, 9.17) is 30.5 Å². The summed E-state index contributed by atoms with van der Waals surface area (Å²) in [4.78, 5) is 13.9. The van der Waals surface area contributed by atoms with E-state index in [-0.39, 0.29) is 49.5 Å². The maximum absolute atomic E-state index is 14.7. The van der Waals surface area contributed by atoms with Crippen molar-refractivity contribution in [3.63, 3.8) is 0 Å². The van der Waals surface area contributed by atoms with Gasteiger partial charge in [0.2, 0.25) is 0 Å². The average Bonchev–Trinajstić information content (AvgIpc) is 3.53. The molecule has 2 aliphatic rings. The molecule has 0 radical (unpaired) electrons. The van der Waals surface area contributed by atoms with E-state index in [2.05, 4.69) is 15.0 Å². The van der Waals surface area contributed by atoms with Gasteiger partial charge in [0.25, 0.3) is 6.01 Å². The molecule has 2 aliphatic heterocycles. The molecule has 1 aromatic carbocycles. The highest BCUT2D eigenvalue weighted by molar-refractivity contribution is 6.31. The lowest BCUT2D eigenvalue weighted by Gasteiger charge is -2.15. The van der Waals surface area contributed by atoms with Gasteiger partial charge in [-0.3, -0.25) is 0 Å². The van der Waals surface area contributed by atoms with Gasteiger partial charge in [-0.15, -0.1) is 0 Å². The summed E-state index contributed by atoms with van der Waals surface area (Å²) in [7, 11) is 3.90. The Hall–Kier alpha value is -2.57. The Kier molecular flexibility index (Phi) is 7.77. The van der Waals surface area contributed by atoms with Crippen LogP contribution in [0.3, 0.4) is 0 Å². The van der Waals surface area contributed by atoms with Crippen molar-refractivity contribution < 1.29 is 32.8 Å². The van der Waals surface area contributed by atoms with Crippen molar-refractivity contribution in [1.29, 1.82) is 0 Å². The normalized spacial score (nSPS) is 23.2. The van der Waals surface area contributed by atoms with Crippen molar-refractivity contribution in [2.45, 2.75) is 43.7 Å². The molecule has 3 aromatic rings. The van der Waals surface area contributed by atoms with E-state index in [1.54, 1.807) is 6.07 Å². The largest absolute Gasteiger partial charge is 0.493 e. The van der Waals surface area contributed by atoms with Crippen LogP contribution in [0.5, 0.6) is 11.8 Å². The Labute approximate surface area is 217 Å². The maximum atomic E-state index is 14.7. The van der Waals surface area contributed by atoms with E-state index in [1.165, 1.54) is 12.1 Å². The minimum absolute atomic E-state index is 0.0563. The summed E-state index contributed by atoms with van der Waals surface area (Å²) in [6, 6.07) is 4.27. The van der Waals surface area contributed by atoms with Gasteiger partial charge in [-0.2, -0.15) is 4.98 Å². The van der Waals surface area contributed by atoms with Crippen molar-refractivity contribution in [1.82, 2.24) is 19.9 Å². The Morgan fingerprint density at radius 1 is 1.11 bits per heavy atom. The van der Waals surface area contributed by atoms with Gasteiger partial charge in [0, 0.05) is 24.2 Å². The van der Waals surface area contributed by atoms with Crippen LogP contribution in [-0.4, -0.2) is 89.8 Å². The van der Waals surface area contributed by atoms with Crippen molar-refractivity contribution in [2.75, 3.05) is 40.5 Å². The molecule has 4 atom stereocenters. The Morgan fingerprint density at radius 3 is 2.62 bits per heavy atom. The maximum Gasteiger partial charge on any atom is 0.296 e. The standard InChI is InChI=1S/C25H29ClF2N4O5/c1-32(2)6-3-7-34-13-8-16(27)14(17(28)9-13)4-5-18-15(26)10-19-24(29-18)31-25(30-19)37-21-12-36-22-20(33)11-35-23(21)22/h8-10,20-23,33H,3-7,11-12H2,1-2H3,(H,29,30,31)/t20-,21-,22-,23-/m1/s1. The van der Waals surface area contributed by atoms with E-state index in [0.29, 0.717) is 28.5 Å². The molecular weight excluding hydrogens is 510 g/mol. The molecule has 2 aromatic heterocycles. The number of fused-ring (bicyclic) bond motifs is 2. The quantitative estimate of drug-likeness (QED) is 0.380. The van der Waals surface area contributed by atoms with Crippen LogP contribution in [0.15, 0.2) is 18.2 Å². The molecule has 9 nitrogen and oxygen atoms in total. The molecule has 0 amide bonds. The zero-order chi connectivity index (χ0) is 26.1. The lowest BCUT2D eigenvalue weighted by atomic mass is 10.1. The fraction of sp³-hybridized carbons (Fsp3) is 0.520. The van der Waals surface area contributed by atoms with Crippen LogP contribution in [0.4, 0.5) is 8.78 Å². The van der Waals surface area contributed by atoms with Crippen molar-refractivity contribution in [2.24, 2.45) is 0 Å². The number of ether oxygens (including phenoxy) is 4. The van der Waals surface area contributed by atoms with Crippen LogP contribution >= 0.6 is 11.6 Å². The number of aliphatic hydroxyl groups excluding tert-OH is 1. The minimum Gasteiger partial charge on any atom is -0.493 e. The number of rotatable bonds is 10. The van der Waals surface area contributed by atoms with Crippen molar-refractivity contribution in [3.8, 4) is 11.8 Å². The van der Waals surface area contributed by atoms with E-state index in [9.17, 15) is 13.9 Å². The number of aromatic nitrogens is 3. The highest BCUT2D eigenvalue weighted by Crippen LogP contribution is 2.30. The number of H-pyrrole nitrogens is 1. The number of nitrogens with zero attached hydrogens (tertiary/aromatic N) is 3. The van der Waals surface area contributed by atoms with Gasteiger partial charge in [-0.1, -0.05) is 11.6 Å². The van der Waals surface area contributed by atoms with E-state index < -0.39 is 29.9 Å². The molecule has 200 valence electrons. The van der Waals surface area contributed by atoms with Gasteiger partial charge in [-0.25, -0.2) is 13.8 Å². The highest BCUT2D eigenvalue weighted by atomic mass is 35.5. The van der Waals surface area contributed by atoms with Crippen molar-refractivity contribution in [3.05, 3.63) is 46.1 Å². The predicted molar refractivity (Wildman–Crippen MR) is 131 cm³/mol. The molecule has 2 saturated heterocycles. The van der Waals surface area contributed by atoms with Gasteiger partial charge >= 0.3 is 0 Å². The molecule has 12 heteroatoms. The summed E-state index contributed by atoms with van der Waals surface area (Å²) >= 11 is 6.41. The molecule has 0 bridgehead atoms. The number of aryl methyl sites for hydroxylation is 1. The van der Waals surface area contributed by atoms with Crippen LogP contribution in [0, 0.1) is 11.6 Å². The molecule has 2 N–H and O–H groups in total. The van der Waals surface area contributed by atoms with Gasteiger partial charge in [0.15, 0.2) is 11.8 Å². The van der Waals surface area contributed by atoms with Crippen LogP contribution in [0.1, 0.15) is 17.7 Å². The SMILES string of the molecule is CN(C)CCCOc1cc(F)c(CCc2nc3nc(O[C@@H]4CO[C@H]5[C@@H]4OC[C@H]5O)[nH]c3cc2Cl)c(F)c1. The molecule has 4 heterocycles. The highest BCUT2D eigenvalue weighted by Gasteiger charge is 2.48. The zero-order valence-corrected chi connectivity index (χ0v) is 21.3. The first-order valence-electron chi connectivity index (χ1n) is 12.2. The fourth-order valence-corrected chi connectivity index (χ4v) is 4.81. The average molecular weight is 539 g/mol. The third kappa shape index (κ3) is 5.80. The zero-order valence-electron chi connectivity index (χ0n) is 20.5. The second kappa shape index (κ2) is 11.0. The summed E-state index contributed by atoms with van der Waals surface area (Å²) in [5.74, 6) is -1.19. The van der Waals surface area contributed by atoms with Crippen molar-refractivity contribution >= 4 is 22.8 Å². The predicted octanol–water partition coefficient (Wildman–Crippen LogP) is 2.91. The number of hydrogen-bond acceptors (Lipinski definition) is 8. The lowest BCUT2D eigenvalue weighted by Crippen LogP contribution is -2.34. The number of hydrogen-bond donors (Lipinski definition) is 2. The Balaban J connectivity index is 1.23. The second-order valence-electron chi connectivity index (χ2n) is 9.52. The summed E-state index contributed by atoms with van der Waals surface area (Å²) < 4.78 is 51.9. The lowest BCUT2D eigenvalue weighted by molar-refractivity contribution is 0.00706. The second-order valence-corrected chi connectivity index (χ2v) is 9.93. The minimum atomic E-state index is -0.677. The van der Waals surface area contributed by atoms with Crippen LogP contribution in [0.25, 0.3) is 11.2 Å². The summed E-state index contributed by atoms with van der Waals surface area (Å²) in [6.45, 7) is 1.65. The fourth-order valence-electron chi connectivity index (χ4n) is 4.57. The summed E-state index contributed by atoms with van der Waals surface area (Å²) in [5, 5.41) is 10.2. The first kappa shape index (κ1) is 26.1. The Bertz CT molecular complexity index is 1240. The van der Waals surface area contributed by atoms with Crippen LogP contribution < -0.4 is 9.47 Å². The van der Waals surface area contributed by atoms with E-state index >= 15 is 0 Å². The monoisotopic (exact) mass is 538 g/mol. The molecule has 0 spiro atoms. The first-order valence-corrected chi connectivity index (χ1v) is 12.5. The number of imidazole rings is 1. The summed E-state index contributed by atoms with van der Waals surface area (Å²) in [5.41, 5.74) is 1.32. The third-order valence-electron chi connectivity index (χ3n) is 6.47. The molecule has 2 fully saturated rings. The van der Waals surface area contributed by atoms with Gasteiger partial charge in [0.05, 0.1) is 36.1 Å². The van der Waals surface area contributed by atoms with Crippen LogP contribution in [-0.2, 0) is 22.3 Å². The third-order valence-corrected chi connectivity index (χ3v) is 6.79. The number of aromatic amines is 1. The van der Waals surface area contributed by atoms with Gasteiger partial charge in [0.1, 0.15) is 35.7 Å². The molecule has 5 rings (SSSR count). The Morgan fingerprint density at radius 2 is 1.86 bits per heavy atom. The van der Waals surface area contributed by atoms with E-state index in [0.717, 1.165) is 13.0 Å². The number of pyridine rings is 1. The van der Waals surface area contributed by atoms with Gasteiger partial charge in [-0.05, 0) is 39.4 Å². The van der Waals surface area contributed by atoms with Crippen LogP contribution in [0.2, 0.25) is 5.02 Å². The first-order chi connectivity index (χ1) is 17.8. The molecular formula is C25H29ClF2N4O5. The summed E-state index contributed by atoms with van der Waals surface area (Å²) in [6.07, 6.45) is -0.884. The van der Waals surface area contributed by atoms with E-state index in [1.807, 2.05) is 19.0 Å². The number of aliphatic hydroxyl groups is 1.